The molecule has 2 aromatic carbocycles. The number of aliphatic hydroxyl groups is 3. The normalized spacial score (nSPS) is 33.1. The van der Waals surface area contributed by atoms with Crippen molar-refractivity contribution in [1.82, 2.24) is 5.32 Å². The van der Waals surface area contributed by atoms with Gasteiger partial charge in [0, 0.05) is 38.0 Å². The molecule has 60 heavy (non-hydrogen) atoms. The Morgan fingerprint density at radius 1 is 0.933 bits per heavy atom. The van der Waals surface area contributed by atoms with Crippen LogP contribution >= 0.6 is 0 Å². The first kappa shape index (κ1) is 44.6. The van der Waals surface area contributed by atoms with Gasteiger partial charge < -0.3 is 44.3 Å². The van der Waals surface area contributed by atoms with Crippen LogP contribution in [0, 0.1) is 22.7 Å². The molecule has 1 aliphatic heterocycles. The van der Waals surface area contributed by atoms with Gasteiger partial charge in [-0.15, -0.1) is 0 Å². The maximum absolute atomic E-state index is 15.4. The first-order valence-electron chi connectivity index (χ1n) is 20.3. The van der Waals surface area contributed by atoms with E-state index in [1.54, 1.807) is 69.3 Å². The summed E-state index contributed by atoms with van der Waals surface area (Å²) in [7, 11) is 0. The molecule has 324 valence electrons. The molecule has 2 saturated carbocycles. The van der Waals surface area contributed by atoms with Crippen molar-refractivity contribution in [3.8, 4) is 0 Å². The molecule has 4 aliphatic rings. The third-order valence-electron chi connectivity index (χ3n) is 13.5. The first-order valence-corrected chi connectivity index (χ1v) is 20.3. The second kappa shape index (κ2) is 16.5. The Hall–Kier alpha value is -4.96. The number of hydrogen-bond donors (Lipinski definition) is 4. The summed E-state index contributed by atoms with van der Waals surface area (Å²) in [6.45, 7) is 11.5. The zero-order chi connectivity index (χ0) is 44.1. The minimum Gasteiger partial charge on any atom is -0.456 e. The monoisotopic (exact) mass is 833 g/mol. The summed E-state index contributed by atoms with van der Waals surface area (Å²) in [5.41, 5.74) is -7.15. The lowest BCUT2D eigenvalue weighted by atomic mass is 9.44. The molecule has 12 atom stereocenters. The van der Waals surface area contributed by atoms with Gasteiger partial charge in [-0.1, -0.05) is 76.2 Å². The number of ether oxygens (including phenoxy) is 5. The van der Waals surface area contributed by atoms with Gasteiger partial charge in [-0.25, -0.2) is 9.59 Å². The van der Waals surface area contributed by atoms with Crippen molar-refractivity contribution in [1.29, 1.82) is 0 Å². The molecule has 0 spiro atoms. The van der Waals surface area contributed by atoms with Crippen molar-refractivity contribution < 1.29 is 67.8 Å². The second-order valence-electron chi connectivity index (χ2n) is 17.3. The van der Waals surface area contributed by atoms with Crippen LogP contribution in [-0.4, -0.2) is 105 Å². The smallest absolute Gasteiger partial charge is 0.338 e. The summed E-state index contributed by atoms with van der Waals surface area (Å²) in [5, 5.41) is 40.1. The number of nitrogens with one attached hydrogen (secondary N) is 1. The number of carbonyl (C=O) groups is 6. The molecule has 3 aliphatic carbocycles. The second-order valence-corrected chi connectivity index (χ2v) is 17.3. The van der Waals surface area contributed by atoms with Crippen molar-refractivity contribution in [2.75, 3.05) is 6.61 Å². The van der Waals surface area contributed by atoms with Gasteiger partial charge in [-0.05, 0) is 49.1 Å². The first-order chi connectivity index (χ1) is 28.1. The average molecular weight is 834 g/mol. The third-order valence-corrected chi connectivity index (χ3v) is 13.5. The van der Waals surface area contributed by atoms with E-state index in [-0.39, 0.29) is 29.7 Å². The molecule has 6 rings (SSSR count). The number of aliphatic hydroxyl groups excluding tert-OH is 2. The molecule has 0 radical (unpaired) electrons. The van der Waals surface area contributed by atoms with Gasteiger partial charge >= 0.3 is 23.9 Å². The van der Waals surface area contributed by atoms with E-state index in [2.05, 4.69) is 5.32 Å². The van der Waals surface area contributed by atoms with E-state index in [0.29, 0.717) is 12.0 Å². The number of benzene rings is 2. The number of esters is 4. The minimum absolute atomic E-state index is 0.00887. The Labute approximate surface area is 348 Å². The van der Waals surface area contributed by atoms with Crippen LogP contribution in [-0.2, 0) is 47.7 Å². The third kappa shape index (κ3) is 7.32. The standard InChI is InChI=1S/C45H55NO14/c1-9-23(2)39(52)46-33(27-16-12-10-13-17-27)34(50)41(54)58-29-21-45(55)38(59-40(53)28-18-14-11-15-19-28)36-43(8,30(49)20-31-44(36,22-56-31)60-26(5)48)37(51)35(57-25(4)47)32(24(29)3)42(45,6)7/h10-19,23,29-31,33-36,38,49-50,55H,9,20-22H2,1-8H3,(H,46,52)/t23?,29-,30+,31+,33-,34+,35+,36-,38-,43+,44-,45+/m0/s1. The van der Waals surface area contributed by atoms with Crippen molar-refractivity contribution in [2.24, 2.45) is 22.7 Å². The molecular formula is C45H55NO14. The summed E-state index contributed by atoms with van der Waals surface area (Å²) >= 11 is 0. The highest BCUT2D eigenvalue weighted by Gasteiger charge is 2.78. The summed E-state index contributed by atoms with van der Waals surface area (Å²) in [4.78, 5) is 83.0. The van der Waals surface area contributed by atoms with Gasteiger partial charge in [0.1, 0.15) is 23.9 Å². The fourth-order valence-corrected chi connectivity index (χ4v) is 9.85. The SMILES string of the molecule is CCC(C)C(=O)N[C@@H](c1ccccc1)[C@@H](O)C(=O)O[C@H]1C[C@@]2(O)[C@@H](OC(=O)c3ccccc3)[C@@H]3[C@]4(OC(C)=O)CO[C@@H]4C[C@@H](O)[C@@]3(C)C(=O)[C@H](OC(C)=O)C(=C1C)C2(C)C. The van der Waals surface area contributed by atoms with Crippen LogP contribution in [0.25, 0.3) is 0 Å². The van der Waals surface area contributed by atoms with Crippen molar-refractivity contribution in [3.05, 3.63) is 82.9 Å². The van der Waals surface area contributed by atoms with E-state index in [1.807, 2.05) is 6.92 Å². The molecule has 1 unspecified atom stereocenters. The summed E-state index contributed by atoms with van der Waals surface area (Å²) in [6.07, 6.45) is -9.88. The number of hydrogen-bond acceptors (Lipinski definition) is 14. The highest BCUT2D eigenvalue weighted by atomic mass is 16.6. The van der Waals surface area contributed by atoms with Gasteiger partial charge in [0.05, 0.1) is 35.6 Å². The predicted octanol–water partition coefficient (Wildman–Crippen LogP) is 3.47. The van der Waals surface area contributed by atoms with Gasteiger partial charge in [-0.3, -0.25) is 19.2 Å². The molecule has 3 fully saturated rings. The average Bonchev–Trinajstić information content (AvgIpc) is 3.20. The number of ketones is 1. The molecule has 1 amide bonds. The van der Waals surface area contributed by atoms with Crippen LogP contribution in [0.5, 0.6) is 0 Å². The molecule has 2 bridgehead atoms. The fourth-order valence-electron chi connectivity index (χ4n) is 9.85. The van der Waals surface area contributed by atoms with Crippen LogP contribution in [0.3, 0.4) is 0 Å². The quantitative estimate of drug-likeness (QED) is 0.145. The van der Waals surface area contributed by atoms with Crippen molar-refractivity contribution in [2.45, 2.75) is 129 Å². The molecule has 15 nitrogen and oxygen atoms in total. The van der Waals surface area contributed by atoms with Crippen molar-refractivity contribution in [3.63, 3.8) is 0 Å². The van der Waals surface area contributed by atoms with Crippen LogP contribution in [0.1, 0.15) is 96.6 Å². The summed E-state index contributed by atoms with van der Waals surface area (Å²) in [5.74, 6) is -7.06. The Balaban J connectivity index is 1.55. The number of fused-ring (bicyclic) bond motifs is 5. The summed E-state index contributed by atoms with van der Waals surface area (Å²) in [6, 6.07) is 14.9. The number of Topliss-reactive ketones (excluding diaryl/α,β-unsaturated/α-hetero) is 1. The Morgan fingerprint density at radius 2 is 1.55 bits per heavy atom. The molecular weight excluding hydrogens is 778 g/mol. The number of carbonyl (C=O) groups excluding carboxylic acids is 6. The fraction of sp³-hybridized carbons (Fsp3) is 0.556. The Kier molecular flexibility index (Phi) is 12.2. The van der Waals surface area contributed by atoms with Crippen molar-refractivity contribution >= 4 is 35.6 Å². The Bertz CT molecular complexity index is 2050. The molecule has 15 heteroatoms. The molecule has 1 saturated heterocycles. The van der Waals surface area contributed by atoms with E-state index >= 15 is 4.79 Å². The van der Waals surface area contributed by atoms with Gasteiger partial charge in [-0.2, -0.15) is 0 Å². The van der Waals surface area contributed by atoms with E-state index in [1.165, 1.54) is 26.0 Å². The molecule has 4 N–H and O–H groups in total. The maximum atomic E-state index is 15.4. The topological polar surface area (TPSA) is 221 Å². The van der Waals surface area contributed by atoms with E-state index in [4.69, 9.17) is 23.7 Å². The maximum Gasteiger partial charge on any atom is 0.338 e. The largest absolute Gasteiger partial charge is 0.456 e. The minimum atomic E-state index is -2.37. The lowest BCUT2D eigenvalue weighted by molar-refractivity contribution is -0.346. The zero-order valence-corrected chi connectivity index (χ0v) is 35.1. The van der Waals surface area contributed by atoms with E-state index in [0.717, 1.165) is 13.8 Å². The van der Waals surface area contributed by atoms with E-state index in [9.17, 15) is 39.3 Å². The predicted molar refractivity (Wildman–Crippen MR) is 211 cm³/mol. The van der Waals surface area contributed by atoms with Crippen LogP contribution in [0.15, 0.2) is 71.8 Å². The molecule has 0 aromatic heterocycles. The van der Waals surface area contributed by atoms with Crippen LogP contribution in [0.4, 0.5) is 0 Å². The molecule has 2 aromatic rings. The van der Waals surface area contributed by atoms with Gasteiger partial charge in [0.25, 0.3) is 0 Å². The molecule has 1 heterocycles. The summed E-state index contributed by atoms with van der Waals surface area (Å²) < 4.78 is 30.2. The lowest BCUT2D eigenvalue weighted by Crippen LogP contribution is -2.82. The highest BCUT2D eigenvalue weighted by molar-refractivity contribution is 5.95. The lowest BCUT2D eigenvalue weighted by Gasteiger charge is -2.67. The van der Waals surface area contributed by atoms with Gasteiger partial charge in [0.15, 0.2) is 23.6 Å². The van der Waals surface area contributed by atoms with Crippen LogP contribution in [0.2, 0.25) is 0 Å². The van der Waals surface area contributed by atoms with Crippen LogP contribution < -0.4 is 5.32 Å². The number of rotatable bonds is 11. The van der Waals surface area contributed by atoms with E-state index < -0.39 is 119 Å². The zero-order valence-electron chi connectivity index (χ0n) is 35.1. The Morgan fingerprint density at radius 3 is 2.10 bits per heavy atom. The van der Waals surface area contributed by atoms with Gasteiger partial charge in [0.2, 0.25) is 5.91 Å². The number of amides is 1. The highest BCUT2D eigenvalue weighted by Crippen LogP contribution is 2.64.